The van der Waals surface area contributed by atoms with Crippen molar-refractivity contribution in [2.24, 2.45) is 0 Å². The number of fused-ring (bicyclic) bond motifs is 1. The molecule has 0 aliphatic carbocycles. The molecule has 0 aromatic heterocycles. The molecule has 0 saturated carbocycles. The number of rotatable bonds is 3. The minimum absolute atomic E-state index is 0.146. The van der Waals surface area contributed by atoms with Crippen LogP contribution in [-0.4, -0.2) is 19.1 Å². The Balaban J connectivity index is 1.73. The summed E-state index contributed by atoms with van der Waals surface area (Å²) < 4.78 is 10.9. The molecule has 0 fully saturated rings. The summed E-state index contributed by atoms with van der Waals surface area (Å²) in [5, 5.41) is 12.1. The third-order valence-corrected chi connectivity index (χ3v) is 3.58. The highest BCUT2D eigenvalue weighted by Crippen LogP contribution is 2.38. The lowest BCUT2D eigenvalue weighted by Crippen LogP contribution is -2.17. The molecule has 2 aromatic rings. The Bertz CT molecular complexity index is 799. The van der Waals surface area contributed by atoms with Gasteiger partial charge in [0.2, 0.25) is 5.91 Å². The van der Waals surface area contributed by atoms with E-state index in [1.165, 1.54) is 0 Å². The molecule has 3 rings (SSSR count). The van der Waals surface area contributed by atoms with Crippen LogP contribution in [0, 0.1) is 11.3 Å². The average Bonchev–Trinajstić information content (AvgIpc) is 2.55. The molecule has 1 aliphatic heterocycles. The van der Waals surface area contributed by atoms with Gasteiger partial charge in [0.05, 0.1) is 23.1 Å². The minimum atomic E-state index is -0.201. The van der Waals surface area contributed by atoms with E-state index in [2.05, 4.69) is 5.32 Å². The van der Waals surface area contributed by atoms with E-state index in [1.807, 2.05) is 6.07 Å². The second-order valence-electron chi connectivity index (χ2n) is 5.02. The van der Waals surface area contributed by atoms with E-state index in [-0.39, 0.29) is 12.3 Å². The maximum Gasteiger partial charge on any atom is 0.228 e. The predicted molar refractivity (Wildman–Crippen MR) is 85.9 cm³/mol. The Hall–Kier alpha value is -2.71. The lowest BCUT2D eigenvalue weighted by molar-refractivity contribution is -0.115. The van der Waals surface area contributed by atoms with Gasteiger partial charge in [-0.05, 0) is 35.9 Å². The summed E-state index contributed by atoms with van der Waals surface area (Å²) in [7, 11) is 0. The molecule has 1 heterocycles. The van der Waals surface area contributed by atoms with Gasteiger partial charge in [0, 0.05) is 5.69 Å². The molecule has 0 radical (unpaired) electrons. The van der Waals surface area contributed by atoms with Crippen LogP contribution in [-0.2, 0) is 11.2 Å². The van der Waals surface area contributed by atoms with E-state index in [0.717, 1.165) is 5.56 Å². The molecule has 116 valence electrons. The van der Waals surface area contributed by atoms with Crippen molar-refractivity contribution in [1.29, 1.82) is 5.26 Å². The maximum absolute atomic E-state index is 12.2. The zero-order valence-electron chi connectivity index (χ0n) is 12.1. The molecule has 2 aromatic carbocycles. The van der Waals surface area contributed by atoms with Gasteiger partial charge in [-0.1, -0.05) is 17.7 Å². The maximum atomic E-state index is 12.2. The van der Waals surface area contributed by atoms with Crippen molar-refractivity contribution in [3.8, 4) is 17.6 Å². The number of ether oxygens (including phenoxy) is 2. The second-order valence-corrected chi connectivity index (χ2v) is 5.43. The van der Waals surface area contributed by atoms with E-state index in [1.54, 1.807) is 36.4 Å². The summed E-state index contributed by atoms with van der Waals surface area (Å²) in [5.74, 6) is 0.870. The first kappa shape index (κ1) is 15.2. The van der Waals surface area contributed by atoms with Crippen LogP contribution < -0.4 is 14.8 Å². The first-order valence-corrected chi connectivity index (χ1v) is 7.41. The minimum Gasteiger partial charge on any atom is -0.486 e. The van der Waals surface area contributed by atoms with Gasteiger partial charge in [0.25, 0.3) is 0 Å². The molecule has 1 amide bonds. The summed E-state index contributed by atoms with van der Waals surface area (Å²) in [4.78, 5) is 12.2. The van der Waals surface area contributed by atoms with Crippen LogP contribution in [0.4, 0.5) is 5.69 Å². The normalized spacial score (nSPS) is 12.3. The van der Waals surface area contributed by atoms with Crippen molar-refractivity contribution in [3.05, 3.63) is 52.5 Å². The molecule has 1 aliphatic rings. The van der Waals surface area contributed by atoms with Crippen LogP contribution in [0.25, 0.3) is 0 Å². The van der Waals surface area contributed by atoms with Crippen molar-refractivity contribution in [2.45, 2.75) is 6.42 Å². The lowest BCUT2D eigenvalue weighted by atomic mass is 10.1. The molecule has 23 heavy (non-hydrogen) atoms. The number of amides is 1. The molecule has 0 unspecified atom stereocenters. The zero-order chi connectivity index (χ0) is 16.2. The smallest absolute Gasteiger partial charge is 0.228 e. The van der Waals surface area contributed by atoms with Gasteiger partial charge in [0.15, 0.2) is 11.5 Å². The molecule has 0 saturated heterocycles. The summed E-state index contributed by atoms with van der Waals surface area (Å²) in [6.45, 7) is 0.918. The van der Waals surface area contributed by atoms with Crippen LogP contribution in [0.2, 0.25) is 5.02 Å². The predicted octanol–water partition coefficient (Wildman–Crippen LogP) is 3.16. The van der Waals surface area contributed by atoms with Gasteiger partial charge in [-0.3, -0.25) is 4.79 Å². The second kappa shape index (κ2) is 6.59. The number of nitriles is 1. The fraction of sp³-hybridized carbons (Fsp3) is 0.176. The highest BCUT2D eigenvalue weighted by molar-refractivity contribution is 6.32. The number of carbonyl (C=O) groups is 1. The third kappa shape index (κ3) is 3.55. The molecule has 6 heteroatoms. The SMILES string of the molecule is N#Cc1cccc(NC(=O)Cc2cc(Cl)c3c(c2)OCCO3)c1. The quantitative estimate of drug-likeness (QED) is 0.939. The summed E-state index contributed by atoms with van der Waals surface area (Å²) >= 11 is 6.16. The third-order valence-electron chi connectivity index (χ3n) is 3.30. The molecule has 0 bridgehead atoms. The van der Waals surface area contributed by atoms with Gasteiger partial charge in [-0.25, -0.2) is 0 Å². The molecule has 5 nitrogen and oxygen atoms in total. The fourth-order valence-electron chi connectivity index (χ4n) is 2.32. The number of hydrogen-bond donors (Lipinski definition) is 1. The van der Waals surface area contributed by atoms with Crippen LogP contribution in [0.15, 0.2) is 36.4 Å². The van der Waals surface area contributed by atoms with Gasteiger partial charge in [-0.15, -0.1) is 0 Å². The van der Waals surface area contributed by atoms with Crippen LogP contribution in [0.1, 0.15) is 11.1 Å². The molecule has 0 atom stereocenters. The Morgan fingerprint density at radius 3 is 2.91 bits per heavy atom. The number of halogens is 1. The largest absolute Gasteiger partial charge is 0.486 e. The van der Waals surface area contributed by atoms with E-state index in [9.17, 15) is 4.79 Å². The monoisotopic (exact) mass is 328 g/mol. The number of nitrogens with one attached hydrogen (secondary N) is 1. The van der Waals surface area contributed by atoms with Gasteiger partial charge >= 0.3 is 0 Å². The van der Waals surface area contributed by atoms with Crippen molar-refractivity contribution in [1.82, 2.24) is 0 Å². The van der Waals surface area contributed by atoms with Crippen molar-refractivity contribution in [3.63, 3.8) is 0 Å². The van der Waals surface area contributed by atoms with E-state index < -0.39 is 0 Å². The topological polar surface area (TPSA) is 71.4 Å². The van der Waals surface area contributed by atoms with Crippen molar-refractivity contribution < 1.29 is 14.3 Å². The Morgan fingerprint density at radius 1 is 1.26 bits per heavy atom. The Labute approximate surface area is 138 Å². The summed E-state index contributed by atoms with van der Waals surface area (Å²) in [6.07, 6.45) is 0.146. The highest BCUT2D eigenvalue weighted by atomic mass is 35.5. The van der Waals surface area contributed by atoms with Crippen molar-refractivity contribution in [2.75, 3.05) is 18.5 Å². The average molecular weight is 329 g/mol. The van der Waals surface area contributed by atoms with Crippen LogP contribution in [0.5, 0.6) is 11.5 Å². The Kier molecular flexibility index (Phi) is 4.35. The van der Waals surface area contributed by atoms with Crippen LogP contribution >= 0.6 is 11.6 Å². The number of benzene rings is 2. The summed E-state index contributed by atoms with van der Waals surface area (Å²) in [5.41, 5.74) is 1.80. The molecule has 0 spiro atoms. The molecular weight excluding hydrogens is 316 g/mol. The Morgan fingerprint density at radius 2 is 2.09 bits per heavy atom. The fourth-order valence-corrected chi connectivity index (χ4v) is 2.61. The van der Waals surface area contributed by atoms with E-state index in [0.29, 0.717) is 41.0 Å². The van der Waals surface area contributed by atoms with E-state index >= 15 is 0 Å². The first-order valence-electron chi connectivity index (χ1n) is 7.04. The number of hydrogen-bond acceptors (Lipinski definition) is 4. The van der Waals surface area contributed by atoms with Gasteiger partial charge in [-0.2, -0.15) is 5.26 Å². The van der Waals surface area contributed by atoms with Gasteiger partial charge in [0.1, 0.15) is 13.2 Å². The number of carbonyl (C=O) groups excluding carboxylic acids is 1. The number of anilines is 1. The number of nitrogens with zero attached hydrogens (tertiary/aromatic N) is 1. The highest BCUT2D eigenvalue weighted by Gasteiger charge is 2.17. The standard InChI is InChI=1S/C17H13ClN2O3/c18-14-7-12(8-15-17(14)23-5-4-22-15)9-16(21)20-13-3-1-2-11(6-13)10-19/h1-3,6-8H,4-5,9H2,(H,20,21). The van der Waals surface area contributed by atoms with Crippen LogP contribution in [0.3, 0.4) is 0 Å². The summed E-state index contributed by atoms with van der Waals surface area (Å²) in [6, 6.07) is 12.2. The van der Waals surface area contributed by atoms with Crippen molar-refractivity contribution >= 4 is 23.2 Å². The first-order chi connectivity index (χ1) is 11.2. The molecule has 1 N–H and O–H groups in total. The van der Waals surface area contributed by atoms with Gasteiger partial charge < -0.3 is 14.8 Å². The lowest BCUT2D eigenvalue weighted by Gasteiger charge is -2.20. The molecular formula is C17H13ClN2O3. The van der Waals surface area contributed by atoms with E-state index in [4.69, 9.17) is 26.3 Å². The zero-order valence-corrected chi connectivity index (χ0v) is 12.9.